The van der Waals surface area contributed by atoms with Crippen molar-refractivity contribution in [3.8, 4) is 72.4 Å². The van der Waals surface area contributed by atoms with Gasteiger partial charge in [-0.05, 0) is 157 Å². The molecule has 0 fully saturated rings. The van der Waals surface area contributed by atoms with Crippen LogP contribution >= 0.6 is 0 Å². The second-order valence-electron chi connectivity index (χ2n) is 19.4. The molecule has 336 valence electrons. The number of hydrogen-bond donors (Lipinski definition) is 0. The molecule has 0 bridgehead atoms. The topological polar surface area (TPSA) is 8.17 Å². The third-order valence-electron chi connectivity index (χ3n) is 14.8. The molecule has 0 saturated heterocycles. The summed E-state index contributed by atoms with van der Waals surface area (Å²) in [7, 11) is 0. The van der Waals surface area contributed by atoms with E-state index in [1.165, 1.54) is 99.7 Å². The lowest BCUT2D eigenvalue weighted by Crippen LogP contribution is -2.14. The van der Waals surface area contributed by atoms with E-state index in [1.807, 2.05) is 0 Å². The molecule has 0 radical (unpaired) electrons. The van der Waals surface area contributed by atoms with Crippen molar-refractivity contribution in [1.29, 1.82) is 0 Å². The van der Waals surface area contributed by atoms with Gasteiger partial charge in [-0.3, -0.25) is 0 Å². The average Bonchev–Trinajstić information content (AvgIpc) is 3.89. The van der Waals surface area contributed by atoms with Crippen LogP contribution in [0.25, 0.3) is 94.3 Å². The highest BCUT2D eigenvalue weighted by Gasteiger charge is 2.35. The smallest absolute Gasteiger partial charge is 0.0547 e. The molecule has 71 heavy (non-hydrogen) atoms. The first kappa shape index (κ1) is 42.1. The van der Waals surface area contributed by atoms with Crippen molar-refractivity contribution in [2.75, 3.05) is 4.90 Å². The molecule has 1 aromatic heterocycles. The van der Waals surface area contributed by atoms with Crippen LogP contribution in [0.1, 0.15) is 25.0 Å². The van der Waals surface area contributed by atoms with E-state index in [1.54, 1.807) is 0 Å². The summed E-state index contributed by atoms with van der Waals surface area (Å²) < 4.78 is 2.43. The van der Waals surface area contributed by atoms with Crippen molar-refractivity contribution in [2.45, 2.75) is 19.3 Å². The van der Waals surface area contributed by atoms with Gasteiger partial charge in [0, 0.05) is 38.9 Å². The van der Waals surface area contributed by atoms with Gasteiger partial charge in [0.1, 0.15) is 0 Å². The predicted molar refractivity (Wildman–Crippen MR) is 300 cm³/mol. The van der Waals surface area contributed by atoms with Crippen molar-refractivity contribution in [2.24, 2.45) is 0 Å². The fourth-order valence-electron chi connectivity index (χ4n) is 11.1. The van der Waals surface area contributed by atoms with Crippen LogP contribution in [0.2, 0.25) is 0 Å². The largest absolute Gasteiger partial charge is 0.311 e. The van der Waals surface area contributed by atoms with E-state index in [-0.39, 0.29) is 5.41 Å². The molecular weight excluding hydrogens is 857 g/mol. The maximum atomic E-state index is 2.43. The fourth-order valence-corrected chi connectivity index (χ4v) is 11.1. The average molecular weight is 907 g/mol. The maximum Gasteiger partial charge on any atom is 0.0547 e. The van der Waals surface area contributed by atoms with Crippen LogP contribution in [0.4, 0.5) is 17.1 Å². The van der Waals surface area contributed by atoms with Gasteiger partial charge in [0.05, 0.1) is 11.0 Å². The maximum absolute atomic E-state index is 2.43. The van der Waals surface area contributed by atoms with Crippen LogP contribution in [-0.4, -0.2) is 4.57 Å². The molecule has 1 aliphatic rings. The van der Waals surface area contributed by atoms with Gasteiger partial charge in [-0.25, -0.2) is 0 Å². The minimum absolute atomic E-state index is 0.00444. The Morgan fingerprint density at radius 2 is 0.704 bits per heavy atom. The number of hydrogen-bond acceptors (Lipinski definition) is 1. The lowest BCUT2D eigenvalue weighted by molar-refractivity contribution is 0.660. The second-order valence-corrected chi connectivity index (χ2v) is 19.4. The minimum atomic E-state index is -0.00444. The number of rotatable bonds is 9. The van der Waals surface area contributed by atoms with E-state index in [9.17, 15) is 0 Å². The quantitative estimate of drug-likeness (QED) is 0.140. The number of aromatic nitrogens is 1. The van der Waals surface area contributed by atoms with Crippen LogP contribution in [0.3, 0.4) is 0 Å². The number of benzene rings is 11. The summed E-state index contributed by atoms with van der Waals surface area (Å²) in [5.41, 5.74) is 24.3. The Bertz CT molecular complexity index is 3920. The van der Waals surface area contributed by atoms with Crippen LogP contribution in [0.5, 0.6) is 0 Å². The normalized spacial score (nSPS) is 12.5. The first-order chi connectivity index (χ1) is 34.9. The summed E-state index contributed by atoms with van der Waals surface area (Å²) in [6.07, 6.45) is 0. The summed E-state index contributed by atoms with van der Waals surface area (Å²) in [4.78, 5) is 2.33. The van der Waals surface area contributed by atoms with E-state index >= 15 is 0 Å². The molecule has 0 unspecified atom stereocenters. The minimum Gasteiger partial charge on any atom is -0.311 e. The Labute approximate surface area is 416 Å². The Hall–Kier alpha value is -8.98. The number of nitrogens with zero attached hydrogens (tertiary/aromatic N) is 2. The molecule has 0 atom stereocenters. The van der Waals surface area contributed by atoms with Crippen molar-refractivity contribution < 1.29 is 0 Å². The molecule has 11 aromatic carbocycles. The number of fused-ring (bicyclic) bond motifs is 6. The molecule has 0 saturated carbocycles. The van der Waals surface area contributed by atoms with Crippen molar-refractivity contribution in [3.63, 3.8) is 0 Å². The Morgan fingerprint density at radius 1 is 0.282 bits per heavy atom. The van der Waals surface area contributed by atoms with Crippen molar-refractivity contribution in [1.82, 2.24) is 4.57 Å². The van der Waals surface area contributed by atoms with E-state index in [0.29, 0.717) is 0 Å². The van der Waals surface area contributed by atoms with E-state index in [2.05, 4.69) is 290 Å². The molecule has 1 aliphatic carbocycles. The highest BCUT2D eigenvalue weighted by Crippen LogP contribution is 2.50. The Balaban J connectivity index is 0.802. The number of anilines is 3. The molecule has 0 aliphatic heterocycles. The van der Waals surface area contributed by atoms with Gasteiger partial charge in [-0.1, -0.05) is 202 Å². The Kier molecular flexibility index (Phi) is 10.2. The van der Waals surface area contributed by atoms with Gasteiger partial charge in [0.25, 0.3) is 0 Å². The highest BCUT2D eigenvalue weighted by atomic mass is 15.1. The van der Waals surface area contributed by atoms with Crippen molar-refractivity contribution >= 4 is 38.9 Å². The standard InChI is InChI=1S/C69H50N2/c1-69(2)65-25-11-9-23-61(65)64-45-55(34-42-66(64)69)50-31-39-60(40-32-50)71-67-26-12-10-24-62(67)63-41-33-56(46-68(63)71)54-20-14-19-53(44-54)49-29-37-59(38-30-49)70(57-21-7-4-8-22-57)58-35-27-48(28-36-58)52-18-13-17-51(43-52)47-15-5-3-6-16-47/h3-46H,1-2H3. The summed E-state index contributed by atoms with van der Waals surface area (Å²) in [5, 5.41) is 2.50. The molecule has 0 amide bonds. The highest BCUT2D eigenvalue weighted by molar-refractivity contribution is 6.10. The third kappa shape index (κ3) is 7.44. The molecule has 13 rings (SSSR count). The van der Waals surface area contributed by atoms with Gasteiger partial charge in [-0.15, -0.1) is 0 Å². The SMILES string of the molecule is CC1(C)c2ccccc2-c2cc(-c3ccc(-n4c5ccccc5c5ccc(-c6cccc(-c7ccc(N(c8ccccc8)c8ccc(-c9cccc(-c%10ccccc%10)c9)cc8)cc7)c6)cc54)cc3)ccc21. The fraction of sp³-hybridized carbons (Fsp3) is 0.0435. The van der Waals surface area contributed by atoms with Gasteiger partial charge >= 0.3 is 0 Å². The zero-order chi connectivity index (χ0) is 47.5. The lowest BCUT2D eigenvalue weighted by Gasteiger charge is -2.26. The first-order valence-corrected chi connectivity index (χ1v) is 24.7. The first-order valence-electron chi connectivity index (χ1n) is 24.7. The molecule has 1 heterocycles. The Morgan fingerprint density at radius 3 is 1.35 bits per heavy atom. The van der Waals surface area contributed by atoms with E-state index < -0.39 is 0 Å². The molecular formula is C69H50N2. The van der Waals surface area contributed by atoms with Gasteiger partial charge in [0.15, 0.2) is 0 Å². The summed E-state index contributed by atoms with van der Waals surface area (Å²) in [6.45, 7) is 4.68. The monoisotopic (exact) mass is 906 g/mol. The lowest BCUT2D eigenvalue weighted by atomic mass is 9.82. The van der Waals surface area contributed by atoms with E-state index in [0.717, 1.165) is 22.7 Å². The molecule has 2 nitrogen and oxygen atoms in total. The van der Waals surface area contributed by atoms with Gasteiger partial charge in [0.2, 0.25) is 0 Å². The number of para-hydroxylation sites is 2. The molecule has 0 N–H and O–H groups in total. The predicted octanol–water partition coefficient (Wildman–Crippen LogP) is 18.9. The van der Waals surface area contributed by atoms with Crippen LogP contribution in [0.15, 0.2) is 267 Å². The van der Waals surface area contributed by atoms with Crippen LogP contribution in [0, 0.1) is 0 Å². The van der Waals surface area contributed by atoms with E-state index in [4.69, 9.17) is 0 Å². The zero-order valence-corrected chi connectivity index (χ0v) is 39.8. The summed E-state index contributed by atoms with van der Waals surface area (Å²) >= 11 is 0. The molecule has 0 spiro atoms. The summed E-state index contributed by atoms with van der Waals surface area (Å²) in [6, 6.07) is 97.6. The molecule has 12 aromatic rings. The van der Waals surface area contributed by atoms with Gasteiger partial charge < -0.3 is 9.47 Å². The molecule has 2 heteroatoms. The summed E-state index contributed by atoms with van der Waals surface area (Å²) in [5.74, 6) is 0. The third-order valence-corrected chi connectivity index (χ3v) is 14.8. The van der Waals surface area contributed by atoms with Gasteiger partial charge in [-0.2, -0.15) is 0 Å². The zero-order valence-electron chi connectivity index (χ0n) is 39.8. The van der Waals surface area contributed by atoms with Crippen LogP contribution in [-0.2, 0) is 5.41 Å². The van der Waals surface area contributed by atoms with Crippen molar-refractivity contribution in [3.05, 3.63) is 278 Å². The second kappa shape index (κ2) is 17.2. The van der Waals surface area contributed by atoms with Crippen LogP contribution < -0.4 is 4.90 Å².